The number of aromatic amines is 1. The van der Waals surface area contributed by atoms with E-state index < -0.39 is 0 Å². The van der Waals surface area contributed by atoms with Crippen LogP contribution >= 0.6 is 0 Å². The van der Waals surface area contributed by atoms with Crippen molar-refractivity contribution in [3.8, 4) is 0 Å². The van der Waals surface area contributed by atoms with Crippen molar-refractivity contribution in [1.82, 2.24) is 9.55 Å². The Balaban J connectivity index is 2.54. The second kappa shape index (κ2) is 4.37. The number of rotatable bonds is 3. The van der Waals surface area contributed by atoms with Crippen molar-refractivity contribution in [2.75, 3.05) is 0 Å². The Labute approximate surface area is 99.9 Å². The van der Waals surface area contributed by atoms with E-state index in [-0.39, 0.29) is 17.8 Å². The van der Waals surface area contributed by atoms with Crippen LogP contribution in [-0.4, -0.2) is 20.8 Å². The van der Waals surface area contributed by atoms with Crippen molar-refractivity contribution < 1.29 is 5.11 Å². The zero-order valence-electron chi connectivity index (χ0n) is 10.4. The molecule has 4 heteroatoms. The lowest BCUT2D eigenvalue weighted by atomic mass is 10.1. The molecule has 0 bridgehead atoms. The minimum atomic E-state index is -0.369. The molecule has 2 aromatic rings. The summed E-state index contributed by atoms with van der Waals surface area (Å²) in [6, 6.07) is 5.97. The van der Waals surface area contributed by atoms with Crippen LogP contribution in [0.25, 0.3) is 11.0 Å². The monoisotopic (exact) mass is 234 g/mol. The Bertz CT molecular complexity index is 579. The summed E-state index contributed by atoms with van der Waals surface area (Å²) in [4.78, 5) is 14.6. The molecular formula is C13H18N2O2. The number of aromatic nitrogens is 2. The van der Waals surface area contributed by atoms with Crippen LogP contribution in [0.1, 0.15) is 32.4 Å². The molecule has 0 radical (unpaired) electrons. The van der Waals surface area contributed by atoms with Gasteiger partial charge in [0.2, 0.25) is 0 Å². The minimum absolute atomic E-state index is 0.0794. The number of hydrogen-bond donors (Lipinski definition) is 2. The predicted octanol–water partition coefficient (Wildman–Crippen LogP) is 1.83. The van der Waals surface area contributed by atoms with Gasteiger partial charge >= 0.3 is 5.69 Å². The SMILES string of the molecule is CC(O)Cc1ccc2c(c1)[nH]c(=O)n2C(C)C. The highest BCUT2D eigenvalue weighted by atomic mass is 16.3. The van der Waals surface area contributed by atoms with Crippen LogP contribution in [-0.2, 0) is 6.42 Å². The van der Waals surface area contributed by atoms with E-state index in [9.17, 15) is 9.90 Å². The van der Waals surface area contributed by atoms with E-state index >= 15 is 0 Å². The van der Waals surface area contributed by atoms with Gasteiger partial charge in [0, 0.05) is 6.04 Å². The van der Waals surface area contributed by atoms with Crippen LogP contribution in [0, 0.1) is 0 Å². The summed E-state index contributed by atoms with van der Waals surface area (Å²) < 4.78 is 1.74. The third-order valence-electron chi connectivity index (χ3n) is 2.83. The van der Waals surface area contributed by atoms with E-state index in [0.717, 1.165) is 16.6 Å². The van der Waals surface area contributed by atoms with Gasteiger partial charge in [-0.15, -0.1) is 0 Å². The summed E-state index contributed by atoms with van der Waals surface area (Å²) in [5, 5.41) is 9.35. The molecule has 1 unspecified atom stereocenters. The van der Waals surface area contributed by atoms with E-state index in [4.69, 9.17) is 0 Å². The van der Waals surface area contributed by atoms with Crippen LogP contribution in [0.3, 0.4) is 0 Å². The summed E-state index contributed by atoms with van der Waals surface area (Å²) in [5.74, 6) is 0. The van der Waals surface area contributed by atoms with Crippen molar-refractivity contribution in [2.45, 2.75) is 39.3 Å². The van der Waals surface area contributed by atoms with Gasteiger partial charge in [-0.2, -0.15) is 0 Å². The number of aliphatic hydroxyl groups excluding tert-OH is 1. The first-order valence-corrected chi connectivity index (χ1v) is 5.90. The molecule has 0 amide bonds. The maximum Gasteiger partial charge on any atom is 0.326 e. The van der Waals surface area contributed by atoms with E-state index in [1.54, 1.807) is 11.5 Å². The number of aliphatic hydroxyl groups is 1. The molecule has 17 heavy (non-hydrogen) atoms. The number of benzene rings is 1. The Kier molecular flexibility index (Phi) is 3.07. The Morgan fingerprint density at radius 1 is 1.35 bits per heavy atom. The number of nitrogens with one attached hydrogen (secondary N) is 1. The third-order valence-corrected chi connectivity index (χ3v) is 2.83. The Morgan fingerprint density at radius 3 is 2.65 bits per heavy atom. The largest absolute Gasteiger partial charge is 0.393 e. The molecule has 0 saturated heterocycles. The molecule has 92 valence electrons. The normalized spacial score (nSPS) is 13.5. The summed E-state index contributed by atoms with van der Waals surface area (Å²) >= 11 is 0. The highest BCUT2D eigenvalue weighted by molar-refractivity contribution is 5.76. The third kappa shape index (κ3) is 2.26. The highest BCUT2D eigenvalue weighted by Gasteiger charge is 2.10. The van der Waals surface area contributed by atoms with E-state index in [2.05, 4.69) is 4.98 Å². The quantitative estimate of drug-likeness (QED) is 0.851. The first kappa shape index (κ1) is 11.9. The van der Waals surface area contributed by atoms with Crippen molar-refractivity contribution in [2.24, 2.45) is 0 Å². The first-order chi connectivity index (χ1) is 7.99. The standard InChI is InChI=1S/C13H18N2O2/c1-8(2)15-12-5-4-10(6-9(3)16)7-11(12)14-13(15)17/h4-5,7-9,16H,6H2,1-3H3,(H,14,17). The van der Waals surface area contributed by atoms with Crippen molar-refractivity contribution in [1.29, 1.82) is 0 Å². The lowest BCUT2D eigenvalue weighted by Crippen LogP contribution is -2.18. The predicted molar refractivity (Wildman–Crippen MR) is 68.3 cm³/mol. The molecule has 1 atom stereocenters. The van der Waals surface area contributed by atoms with E-state index in [1.165, 1.54) is 0 Å². The van der Waals surface area contributed by atoms with Gasteiger partial charge < -0.3 is 10.1 Å². The highest BCUT2D eigenvalue weighted by Crippen LogP contribution is 2.17. The second-order valence-electron chi connectivity index (χ2n) is 4.80. The van der Waals surface area contributed by atoms with Gasteiger partial charge in [0.15, 0.2) is 0 Å². The summed E-state index contributed by atoms with van der Waals surface area (Å²) in [6.07, 6.45) is 0.233. The maximum atomic E-state index is 11.8. The van der Waals surface area contributed by atoms with Gasteiger partial charge in [-0.3, -0.25) is 4.57 Å². The number of imidazole rings is 1. The van der Waals surface area contributed by atoms with Crippen LogP contribution in [0.5, 0.6) is 0 Å². The van der Waals surface area contributed by atoms with Gasteiger partial charge in [0.05, 0.1) is 17.1 Å². The molecule has 0 fully saturated rings. The fourth-order valence-corrected chi connectivity index (χ4v) is 2.16. The molecule has 0 aliphatic rings. The van der Waals surface area contributed by atoms with Crippen molar-refractivity contribution >= 4 is 11.0 Å². The molecule has 1 aromatic carbocycles. The molecule has 0 spiro atoms. The molecule has 4 nitrogen and oxygen atoms in total. The number of nitrogens with zero attached hydrogens (tertiary/aromatic N) is 1. The van der Waals surface area contributed by atoms with Gasteiger partial charge in [0.1, 0.15) is 0 Å². The van der Waals surface area contributed by atoms with Crippen LogP contribution in [0.15, 0.2) is 23.0 Å². The molecule has 1 aromatic heterocycles. The smallest absolute Gasteiger partial charge is 0.326 e. The average Bonchev–Trinajstić information content (AvgIpc) is 2.51. The zero-order chi connectivity index (χ0) is 12.6. The fraction of sp³-hybridized carbons (Fsp3) is 0.462. The number of fused-ring (bicyclic) bond motifs is 1. The molecule has 0 saturated carbocycles. The van der Waals surface area contributed by atoms with Gasteiger partial charge in [0.25, 0.3) is 0 Å². The van der Waals surface area contributed by atoms with Crippen LogP contribution < -0.4 is 5.69 Å². The fourth-order valence-electron chi connectivity index (χ4n) is 2.16. The topological polar surface area (TPSA) is 58.0 Å². The number of H-pyrrole nitrogens is 1. The molecule has 2 N–H and O–H groups in total. The van der Waals surface area contributed by atoms with Crippen LogP contribution in [0.2, 0.25) is 0 Å². The molecular weight excluding hydrogens is 216 g/mol. The maximum absolute atomic E-state index is 11.8. The number of hydrogen-bond acceptors (Lipinski definition) is 2. The van der Waals surface area contributed by atoms with Gasteiger partial charge in [-0.1, -0.05) is 6.07 Å². The Hall–Kier alpha value is -1.55. The molecule has 0 aliphatic heterocycles. The minimum Gasteiger partial charge on any atom is -0.393 e. The van der Waals surface area contributed by atoms with Gasteiger partial charge in [-0.05, 0) is 44.9 Å². The lowest BCUT2D eigenvalue weighted by Gasteiger charge is -2.08. The molecule has 1 heterocycles. The van der Waals surface area contributed by atoms with Gasteiger partial charge in [-0.25, -0.2) is 4.79 Å². The van der Waals surface area contributed by atoms with Crippen LogP contribution in [0.4, 0.5) is 0 Å². The summed E-state index contributed by atoms with van der Waals surface area (Å²) in [5.41, 5.74) is 2.70. The molecule has 2 rings (SSSR count). The summed E-state index contributed by atoms with van der Waals surface area (Å²) in [6.45, 7) is 5.73. The molecule has 0 aliphatic carbocycles. The zero-order valence-corrected chi connectivity index (χ0v) is 10.4. The van der Waals surface area contributed by atoms with E-state index in [1.807, 2.05) is 32.0 Å². The Morgan fingerprint density at radius 2 is 2.06 bits per heavy atom. The summed E-state index contributed by atoms with van der Waals surface area (Å²) in [7, 11) is 0. The average molecular weight is 234 g/mol. The van der Waals surface area contributed by atoms with E-state index in [0.29, 0.717) is 6.42 Å². The lowest BCUT2D eigenvalue weighted by molar-refractivity contribution is 0.195. The first-order valence-electron chi connectivity index (χ1n) is 5.90. The van der Waals surface area contributed by atoms with Crippen molar-refractivity contribution in [3.63, 3.8) is 0 Å². The second-order valence-corrected chi connectivity index (χ2v) is 4.80. The van der Waals surface area contributed by atoms with Crippen molar-refractivity contribution in [3.05, 3.63) is 34.2 Å².